The molecule has 0 aliphatic rings. The molecule has 0 saturated heterocycles. The van der Waals surface area contributed by atoms with Crippen LogP contribution in [0.25, 0.3) is 6.08 Å². The highest BCUT2D eigenvalue weighted by molar-refractivity contribution is 7.72. The van der Waals surface area contributed by atoms with Crippen molar-refractivity contribution >= 4 is 16.8 Å². The summed E-state index contributed by atoms with van der Waals surface area (Å²) in [6.45, 7) is 0. The lowest BCUT2D eigenvalue weighted by Gasteiger charge is -1.91. The van der Waals surface area contributed by atoms with Crippen LogP contribution in [-0.2, 0) is 10.7 Å². The highest BCUT2D eigenvalue weighted by Crippen LogP contribution is 2.02. The summed E-state index contributed by atoms with van der Waals surface area (Å²) in [5.74, 6) is 0.286. The molecule has 1 rings (SSSR count). The van der Waals surface area contributed by atoms with E-state index in [0.717, 1.165) is 12.0 Å². The molecule has 0 bridgehead atoms. The van der Waals surface area contributed by atoms with Crippen molar-refractivity contribution in [3.63, 3.8) is 0 Å². The summed E-state index contributed by atoms with van der Waals surface area (Å²) in [7, 11) is -2.21. The Morgan fingerprint density at radius 1 is 1.14 bits per heavy atom. The van der Waals surface area contributed by atoms with Crippen LogP contribution in [0.2, 0.25) is 0 Å². The fourth-order valence-corrected chi connectivity index (χ4v) is 1.56. The zero-order chi connectivity index (χ0) is 10.2. The van der Waals surface area contributed by atoms with Crippen molar-refractivity contribution in [2.24, 2.45) is 0 Å². The molecule has 0 radical (unpaired) electrons. The van der Waals surface area contributed by atoms with E-state index in [1.54, 1.807) is 0 Å². The first-order valence-corrected chi connectivity index (χ1v) is 5.99. The van der Waals surface area contributed by atoms with E-state index in [4.69, 9.17) is 0 Å². The fraction of sp³-hybridized carbons (Fsp3) is 0.273. The predicted molar refractivity (Wildman–Crippen MR) is 59.9 cm³/mol. The lowest BCUT2D eigenvalue weighted by atomic mass is 10.2. The van der Waals surface area contributed by atoms with Crippen LogP contribution in [0.1, 0.15) is 18.4 Å². The molecule has 0 aliphatic carbocycles. The molecule has 14 heavy (non-hydrogen) atoms. The maximum absolute atomic E-state index is 10.2. The first-order valence-electron chi connectivity index (χ1n) is 4.62. The molecule has 0 heterocycles. The van der Waals surface area contributed by atoms with Gasteiger partial charge in [-0.05, 0) is 18.4 Å². The molecule has 0 spiro atoms. The molecule has 76 valence electrons. The molecule has 1 aromatic carbocycles. The van der Waals surface area contributed by atoms with Gasteiger partial charge in [0.05, 0.1) is 0 Å². The molecule has 0 atom stereocenters. The van der Waals surface area contributed by atoms with Crippen LogP contribution in [0.5, 0.6) is 0 Å². The van der Waals surface area contributed by atoms with Gasteiger partial charge in [0.1, 0.15) is 10.7 Å². The quantitative estimate of drug-likeness (QED) is 0.596. The van der Waals surface area contributed by atoms with Crippen molar-refractivity contribution in [3.8, 4) is 0 Å². The molecule has 2 nitrogen and oxygen atoms in total. The Morgan fingerprint density at radius 3 is 2.50 bits per heavy atom. The van der Waals surface area contributed by atoms with Gasteiger partial charge in [-0.3, -0.25) is 0 Å². The SMILES string of the molecule is O=[SH](=O)CCCC=Cc1ccccc1. The van der Waals surface area contributed by atoms with E-state index in [0.29, 0.717) is 6.42 Å². The van der Waals surface area contributed by atoms with Crippen LogP contribution in [0.3, 0.4) is 0 Å². The smallest absolute Gasteiger partial charge is 0.140 e. The van der Waals surface area contributed by atoms with Crippen LogP contribution < -0.4 is 0 Å². The zero-order valence-corrected chi connectivity index (χ0v) is 8.82. The standard InChI is InChI=1S/C11H14O2S/c12-14(13)10-6-2-5-9-11-7-3-1-4-8-11/h1,3-5,7-9,14H,2,6,10H2. The number of hydrogen-bond acceptors (Lipinski definition) is 2. The van der Waals surface area contributed by atoms with Crippen LogP contribution >= 0.6 is 0 Å². The summed E-state index contributed by atoms with van der Waals surface area (Å²) < 4.78 is 20.5. The minimum absolute atomic E-state index is 0.286. The summed E-state index contributed by atoms with van der Waals surface area (Å²) in [6, 6.07) is 9.97. The summed E-state index contributed by atoms with van der Waals surface area (Å²) >= 11 is 0. The van der Waals surface area contributed by atoms with E-state index >= 15 is 0 Å². The van der Waals surface area contributed by atoms with Crippen LogP contribution in [0.15, 0.2) is 36.4 Å². The monoisotopic (exact) mass is 210 g/mol. The lowest BCUT2D eigenvalue weighted by Crippen LogP contribution is -1.85. The third-order valence-electron chi connectivity index (χ3n) is 1.82. The van der Waals surface area contributed by atoms with Gasteiger partial charge in [-0.25, -0.2) is 8.42 Å². The maximum atomic E-state index is 10.2. The summed E-state index contributed by atoms with van der Waals surface area (Å²) in [5, 5.41) is 0. The largest absolute Gasteiger partial charge is 0.232 e. The average molecular weight is 210 g/mol. The molecule has 0 unspecified atom stereocenters. The van der Waals surface area contributed by atoms with Gasteiger partial charge in [-0.15, -0.1) is 0 Å². The van der Waals surface area contributed by atoms with Crippen molar-refractivity contribution in [1.29, 1.82) is 0 Å². The molecular formula is C11H14O2S. The van der Waals surface area contributed by atoms with Crippen molar-refractivity contribution < 1.29 is 8.42 Å². The third kappa shape index (κ3) is 4.82. The normalized spacial score (nSPS) is 11.2. The van der Waals surface area contributed by atoms with Gasteiger partial charge in [0, 0.05) is 5.75 Å². The van der Waals surface area contributed by atoms with Crippen LogP contribution in [0.4, 0.5) is 0 Å². The molecule has 1 aromatic rings. The molecule has 0 aromatic heterocycles. The van der Waals surface area contributed by atoms with Crippen molar-refractivity contribution in [2.75, 3.05) is 5.75 Å². The van der Waals surface area contributed by atoms with E-state index in [9.17, 15) is 8.42 Å². The van der Waals surface area contributed by atoms with E-state index in [-0.39, 0.29) is 5.75 Å². The average Bonchev–Trinajstić information content (AvgIpc) is 2.18. The second kappa shape index (κ2) is 6.38. The van der Waals surface area contributed by atoms with Gasteiger partial charge in [0.25, 0.3) is 0 Å². The molecule has 0 aliphatic heterocycles. The maximum Gasteiger partial charge on any atom is 0.140 e. The third-order valence-corrected chi connectivity index (χ3v) is 2.50. The van der Waals surface area contributed by atoms with Crippen molar-refractivity contribution in [2.45, 2.75) is 12.8 Å². The van der Waals surface area contributed by atoms with Crippen molar-refractivity contribution in [3.05, 3.63) is 42.0 Å². The Hall–Kier alpha value is -1.09. The van der Waals surface area contributed by atoms with Gasteiger partial charge in [0.15, 0.2) is 0 Å². The summed E-state index contributed by atoms with van der Waals surface area (Å²) in [6.07, 6.45) is 5.55. The molecular weight excluding hydrogens is 196 g/mol. The van der Waals surface area contributed by atoms with Gasteiger partial charge in [-0.1, -0.05) is 42.5 Å². The fourth-order valence-electron chi connectivity index (χ4n) is 1.12. The van der Waals surface area contributed by atoms with Gasteiger partial charge < -0.3 is 0 Å². The summed E-state index contributed by atoms with van der Waals surface area (Å²) in [4.78, 5) is 0. The van der Waals surface area contributed by atoms with Gasteiger partial charge >= 0.3 is 0 Å². The number of thiol groups is 1. The Labute approximate surface area is 86.2 Å². The number of unbranched alkanes of at least 4 members (excludes halogenated alkanes) is 1. The van der Waals surface area contributed by atoms with Crippen LogP contribution in [0, 0.1) is 0 Å². The number of benzene rings is 1. The van der Waals surface area contributed by atoms with Crippen LogP contribution in [-0.4, -0.2) is 14.2 Å². The second-order valence-corrected chi connectivity index (χ2v) is 4.12. The predicted octanol–water partition coefficient (Wildman–Crippen LogP) is 2.09. The molecule has 0 N–H and O–H groups in total. The Bertz CT molecular complexity index is 345. The molecule has 0 fully saturated rings. The number of rotatable bonds is 5. The zero-order valence-electron chi connectivity index (χ0n) is 7.93. The first kappa shape index (κ1) is 11.0. The Morgan fingerprint density at radius 2 is 1.86 bits per heavy atom. The topological polar surface area (TPSA) is 34.1 Å². The Balaban J connectivity index is 2.28. The minimum atomic E-state index is -2.21. The van der Waals surface area contributed by atoms with E-state index < -0.39 is 10.7 Å². The number of hydrogen-bond donors (Lipinski definition) is 1. The first-order chi connectivity index (χ1) is 6.79. The van der Waals surface area contributed by atoms with Gasteiger partial charge in [-0.2, -0.15) is 0 Å². The minimum Gasteiger partial charge on any atom is -0.232 e. The highest BCUT2D eigenvalue weighted by atomic mass is 32.2. The molecule has 0 amide bonds. The number of allylic oxidation sites excluding steroid dienone is 1. The van der Waals surface area contributed by atoms with E-state index in [1.165, 1.54) is 0 Å². The van der Waals surface area contributed by atoms with E-state index in [2.05, 4.69) is 0 Å². The Kier molecular flexibility index (Phi) is 5.00. The van der Waals surface area contributed by atoms with Crippen molar-refractivity contribution in [1.82, 2.24) is 0 Å². The van der Waals surface area contributed by atoms with E-state index in [1.807, 2.05) is 42.5 Å². The molecule has 0 saturated carbocycles. The lowest BCUT2D eigenvalue weighted by molar-refractivity contribution is 0.612. The molecule has 3 heteroatoms. The highest BCUT2D eigenvalue weighted by Gasteiger charge is 1.86. The second-order valence-electron chi connectivity index (χ2n) is 3.01. The summed E-state index contributed by atoms with van der Waals surface area (Å²) in [5.41, 5.74) is 1.15. The van der Waals surface area contributed by atoms with Gasteiger partial charge in [0.2, 0.25) is 0 Å².